The van der Waals surface area contributed by atoms with E-state index >= 15 is 0 Å². The molecular formula is C12H14BrN3OS2. The first kappa shape index (κ1) is 14.7. The van der Waals surface area contributed by atoms with Gasteiger partial charge < -0.3 is 0 Å². The van der Waals surface area contributed by atoms with E-state index in [4.69, 9.17) is 5.84 Å². The van der Waals surface area contributed by atoms with Crippen molar-refractivity contribution in [1.82, 2.24) is 10.3 Å². The van der Waals surface area contributed by atoms with Crippen molar-refractivity contribution in [3.05, 3.63) is 42.7 Å². The van der Waals surface area contributed by atoms with Crippen LogP contribution in [0.4, 0.5) is 0 Å². The number of nitrogens with one attached hydrogen (secondary N) is 1. The predicted octanol–water partition coefficient (Wildman–Crippen LogP) is 2.81. The number of amides is 1. The molecule has 4 nitrogen and oxygen atoms in total. The Bertz CT molecular complexity index is 567. The molecule has 2 rings (SSSR count). The van der Waals surface area contributed by atoms with Crippen LogP contribution < -0.4 is 11.3 Å². The Balaban J connectivity index is 2.01. The summed E-state index contributed by atoms with van der Waals surface area (Å²) in [6, 6.07) is 4.08. The van der Waals surface area contributed by atoms with Crippen LogP contribution in [0.15, 0.2) is 27.4 Å². The summed E-state index contributed by atoms with van der Waals surface area (Å²) in [4.78, 5) is 15.7. The van der Waals surface area contributed by atoms with Gasteiger partial charge >= 0.3 is 0 Å². The molecule has 2 aromatic rings. The third-order valence-electron chi connectivity index (χ3n) is 2.57. The highest BCUT2D eigenvalue weighted by molar-refractivity contribution is 9.10. The van der Waals surface area contributed by atoms with Gasteiger partial charge in [-0.3, -0.25) is 15.1 Å². The highest BCUT2D eigenvalue weighted by Crippen LogP contribution is 2.23. The van der Waals surface area contributed by atoms with Gasteiger partial charge in [0.05, 0.1) is 4.88 Å². The van der Waals surface area contributed by atoms with Crippen LogP contribution in [-0.2, 0) is 13.1 Å². The van der Waals surface area contributed by atoms with Crippen molar-refractivity contribution >= 4 is 44.5 Å². The summed E-state index contributed by atoms with van der Waals surface area (Å²) < 4.78 is 1.11. The van der Waals surface area contributed by atoms with E-state index in [0.717, 1.165) is 23.1 Å². The Morgan fingerprint density at radius 2 is 2.26 bits per heavy atom. The third-order valence-corrected chi connectivity index (χ3v) is 5.21. The number of halogens is 1. The number of hydrogen-bond donors (Lipinski definition) is 2. The minimum atomic E-state index is -0.225. The lowest BCUT2D eigenvalue weighted by atomic mass is 10.2. The van der Waals surface area contributed by atoms with Crippen LogP contribution in [-0.4, -0.2) is 17.9 Å². The number of carbonyl (C=O) groups is 1. The second-order valence-electron chi connectivity index (χ2n) is 4.15. The summed E-state index contributed by atoms with van der Waals surface area (Å²) in [5, 5.41) is 3.98. The number of rotatable bonds is 5. The highest BCUT2D eigenvalue weighted by Gasteiger charge is 2.13. The molecule has 1 amide bonds. The smallest absolute Gasteiger partial charge is 0.275 e. The maximum Gasteiger partial charge on any atom is 0.275 e. The molecule has 0 fully saturated rings. The molecule has 0 saturated heterocycles. The Hall–Kier alpha value is -0.730. The topological polar surface area (TPSA) is 58.4 Å². The molecule has 2 aromatic heterocycles. The zero-order valence-electron chi connectivity index (χ0n) is 10.4. The van der Waals surface area contributed by atoms with E-state index in [1.807, 2.05) is 18.5 Å². The van der Waals surface area contributed by atoms with Crippen molar-refractivity contribution in [1.29, 1.82) is 0 Å². The zero-order chi connectivity index (χ0) is 13.8. The quantitative estimate of drug-likeness (QED) is 0.490. The van der Waals surface area contributed by atoms with Crippen molar-refractivity contribution in [3.63, 3.8) is 0 Å². The molecule has 3 N–H and O–H groups in total. The van der Waals surface area contributed by atoms with Gasteiger partial charge in [-0.05, 0) is 46.1 Å². The average molecular weight is 360 g/mol. The first-order valence-corrected chi connectivity index (χ1v) is 8.14. The molecule has 0 saturated carbocycles. The molecule has 102 valence electrons. The van der Waals surface area contributed by atoms with E-state index in [9.17, 15) is 4.79 Å². The van der Waals surface area contributed by atoms with Crippen molar-refractivity contribution < 1.29 is 4.79 Å². The van der Waals surface area contributed by atoms with Crippen LogP contribution in [0.1, 0.15) is 20.1 Å². The summed E-state index contributed by atoms with van der Waals surface area (Å²) in [5.41, 5.74) is 3.19. The van der Waals surface area contributed by atoms with E-state index in [1.54, 1.807) is 11.3 Å². The number of hydrazine groups is 1. The predicted molar refractivity (Wildman–Crippen MR) is 83.2 cm³/mol. The number of nitrogens with zero attached hydrogens (tertiary/aromatic N) is 1. The minimum Gasteiger partial charge on any atom is -0.297 e. The molecule has 19 heavy (non-hydrogen) atoms. The van der Waals surface area contributed by atoms with Gasteiger partial charge in [0.25, 0.3) is 5.91 Å². The van der Waals surface area contributed by atoms with Gasteiger partial charge in [0.1, 0.15) is 0 Å². The maximum atomic E-state index is 11.6. The number of hydrogen-bond acceptors (Lipinski definition) is 5. The van der Waals surface area contributed by atoms with E-state index in [-0.39, 0.29) is 5.91 Å². The number of nitrogens with two attached hydrogens (primary N) is 1. The van der Waals surface area contributed by atoms with Crippen molar-refractivity contribution in [3.8, 4) is 0 Å². The van der Waals surface area contributed by atoms with E-state index in [0.29, 0.717) is 4.88 Å². The van der Waals surface area contributed by atoms with Gasteiger partial charge in [0, 0.05) is 27.8 Å². The Morgan fingerprint density at radius 1 is 1.47 bits per heavy atom. The number of carbonyl (C=O) groups excluding carboxylic acids is 1. The zero-order valence-corrected chi connectivity index (χ0v) is 13.6. The SMILES string of the molecule is CN(Cc1cc(Br)cs1)Cc1ccsc1C(=O)NN. The molecule has 0 radical (unpaired) electrons. The highest BCUT2D eigenvalue weighted by atomic mass is 79.9. The molecule has 7 heteroatoms. The van der Waals surface area contributed by atoms with Crippen molar-refractivity contribution in [2.24, 2.45) is 5.84 Å². The summed E-state index contributed by atoms with van der Waals surface area (Å²) in [6.07, 6.45) is 0. The van der Waals surface area contributed by atoms with E-state index < -0.39 is 0 Å². The number of nitrogen functional groups attached to an aromatic ring is 1. The molecule has 0 aliphatic carbocycles. The molecule has 0 bridgehead atoms. The van der Waals surface area contributed by atoms with Gasteiger partial charge in [0.15, 0.2) is 0 Å². The molecule has 0 spiro atoms. The van der Waals surface area contributed by atoms with Crippen LogP contribution in [0.5, 0.6) is 0 Å². The van der Waals surface area contributed by atoms with E-state index in [2.05, 4.69) is 37.7 Å². The normalized spacial score (nSPS) is 10.9. The molecule has 0 unspecified atom stereocenters. The fourth-order valence-corrected chi connectivity index (χ4v) is 4.12. The summed E-state index contributed by atoms with van der Waals surface area (Å²) >= 11 is 6.58. The molecule has 0 atom stereocenters. The van der Waals surface area contributed by atoms with Gasteiger partial charge in [-0.25, -0.2) is 5.84 Å². The first-order valence-electron chi connectivity index (χ1n) is 5.59. The average Bonchev–Trinajstić information content (AvgIpc) is 2.97. The monoisotopic (exact) mass is 359 g/mol. The van der Waals surface area contributed by atoms with Gasteiger partial charge in [-0.1, -0.05) is 0 Å². The van der Waals surface area contributed by atoms with Crippen LogP contribution in [0.25, 0.3) is 0 Å². The van der Waals surface area contributed by atoms with Crippen LogP contribution in [0.3, 0.4) is 0 Å². The Kier molecular flexibility index (Phi) is 5.12. The van der Waals surface area contributed by atoms with Crippen LogP contribution >= 0.6 is 38.6 Å². The fourth-order valence-electron chi connectivity index (χ4n) is 1.77. The Morgan fingerprint density at radius 3 is 2.89 bits per heavy atom. The summed E-state index contributed by atoms with van der Waals surface area (Å²) in [7, 11) is 2.04. The largest absolute Gasteiger partial charge is 0.297 e. The van der Waals surface area contributed by atoms with Gasteiger partial charge in [0.2, 0.25) is 0 Å². The number of thiophene rings is 2. The summed E-state index contributed by atoms with van der Waals surface area (Å²) in [6.45, 7) is 1.58. The minimum absolute atomic E-state index is 0.225. The van der Waals surface area contributed by atoms with Gasteiger partial charge in [-0.15, -0.1) is 22.7 Å². The maximum absolute atomic E-state index is 11.6. The van der Waals surface area contributed by atoms with Crippen molar-refractivity contribution in [2.75, 3.05) is 7.05 Å². The lowest BCUT2D eigenvalue weighted by Crippen LogP contribution is -2.30. The fraction of sp³-hybridized carbons (Fsp3) is 0.250. The second kappa shape index (κ2) is 6.62. The second-order valence-corrected chi connectivity index (χ2v) is 6.98. The molecular weight excluding hydrogens is 346 g/mol. The summed E-state index contributed by atoms with van der Waals surface area (Å²) in [5.74, 6) is 4.95. The van der Waals surface area contributed by atoms with Crippen LogP contribution in [0.2, 0.25) is 0 Å². The van der Waals surface area contributed by atoms with Crippen LogP contribution in [0, 0.1) is 0 Å². The molecule has 0 aliphatic heterocycles. The Labute approximate surface area is 128 Å². The van der Waals surface area contributed by atoms with Crippen molar-refractivity contribution in [2.45, 2.75) is 13.1 Å². The standard InChI is InChI=1S/C12H14BrN3OS2/c1-16(6-10-4-9(13)7-19-10)5-8-2-3-18-11(8)12(17)15-14/h2-4,7H,5-6,14H2,1H3,(H,15,17). The lowest BCUT2D eigenvalue weighted by molar-refractivity contribution is 0.0956. The molecule has 2 heterocycles. The van der Waals surface area contributed by atoms with E-state index in [1.165, 1.54) is 16.2 Å². The molecule has 0 aromatic carbocycles. The van der Waals surface area contributed by atoms with Gasteiger partial charge in [-0.2, -0.15) is 0 Å². The molecule has 0 aliphatic rings. The third kappa shape index (κ3) is 3.87. The lowest BCUT2D eigenvalue weighted by Gasteiger charge is -2.15. The first-order chi connectivity index (χ1) is 9.10.